The number of nitrogens with zero attached hydrogens (tertiary/aromatic N) is 4. The number of nitrogens with one attached hydrogen (secondary N) is 2. The Labute approximate surface area is 355 Å². The number of piperidine rings is 1. The number of rotatable bonds is 13. The van der Waals surface area contributed by atoms with E-state index in [2.05, 4.69) is 75.1 Å². The second-order valence-corrected chi connectivity index (χ2v) is 22.4. The number of fused-ring (bicyclic) bond motifs is 2. The highest BCUT2D eigenvalue weighted by Gasteiger charge is 2.66. The first-order chi connectivity index (χ1) is 28.5. The Hall–Kier alpha value is -4.66. The summed E-state index contributed by atoms with van der Waals surface area (Å²) >= 11 is 3.74. The van der Waals surface area contributed by atoms with Crippen LogP contribution in [-0.4, -0.2) is 72.9 Å². The number of ether oxygens (including phenoxy) is 2. The molecule has 0 bridgehead atoms. The maximum absolute atomic E-state index is 15.4. The number of aliphatic hydroxyl groups is 1. The Morgan fingerprint density at radius 2 is 1.88 bits per heavy atom. The number of methoxy groups -OCH3 is 1. The summed E-state index contributed by atoms with van der Waals surface area (Å²) in [7, 11) is -0.709. The van der Waals surface area contributed by atoms with Crippen molar-refractivity contribution in [3.8, 4) is 5.75 Å². The van der Waals surface area contributed by atoms with E-state index in [0.29, 0.717) is 31.7 Å². The van der Waals surface area contributed by atoms with E-state index in [0.717, 1.165) is 57.7 Å². The van der Waals surface area contributed by atoms with Crippen molar-refractivity contribution in [3.05, 3.63) is 130 Å². The zero-order chi connectivity index (χ0) is 41.3. The van der Waals surface area contributed by atoms with E-state index >= 15 is 4.79 Å². The second-order valence-electron chi connectivity index (χ2n) is 16.8. The van der Waals surface area contributed by atoms with Gasteiger partial charge in [0.05, 0.1) is 57.7 Å². The molecule has 6 atom stereocenters. The predicted octanol–water partition coefficient (Wildman–Crippen LogP) is 6.96. The molecule has 2 amide bonds. The molecule has 1 spiro atoms. The molecule has 13 heteroatoms. The number of aromatic nitrogens is 3. The minimum atomic E-state index is -2.39. The Kier molecular flexibility index (Phi) is 11.9. The largest absolute Gasteiger partial charge is 0.497 e. The van der Waals surface area contributed by atoms with Gasteiger partial charge in [-0.15, -0.1) is 5.10 Å². The van der Waals surface area contributed by atoms with Crippen molar-refractivity contribution < 1.29 is 24.2 Å². The Morgan fingerprint density at radius 1 is 1.08 bits per heavy atom. The molecule has 11 nitrogen and oxygen atoms in total. The monoisotopic (exact) mass is 876 g/mol. The molecule has 3 aliphatic rings. The third-order valence-corrected chi connectivity index (χ3v) is 17.8. The standard InChI is InChI=1S/C46H53BrN6O5Si/c1-30-43(59(3,4)37-18-16-36(57-2)17-19-37)42(21-23-52-28-40(50-51-52)38(29-54)32-11-6-5-7-12-32)58-46(30)39-25-34(47)15-20-41(39)53(45(46)56)27-31-10-8-14-35(24-31)49-44(55)33-13-9-22-48-26-33/h5-8,10-12,14-20,24-25,28,30,33,38,42-43,48,54H,9,13,21-23,26-27,29H2,1-4H3,(H,49,55)/t30-,33?,38?,42+,43-,46+/m0/s1. The molecule has 1 aromatic heterocycles. The maximum atomic E-state index is 15.4. The van der Waals surface area contributed by atoms with Crippen molar-refractivity contribution in [2.24, 2.45) is 11.8 Å². The lowest BCUT2D eigenvalue weighted by atomic mass is 9.82. The number of benzene rings is 4. The molecule has 4 aromatic carbocycles. The number of halogens is 1. The van der Waals surface area contributed by atoms with Crippen LogP contribution in [0.3, 0.4) is 0 Å². The molecule has 2 unspecified atom stereocenters. The number of amides is 2. The summed E-state index contributed by atoms with van der Waals surface area (Å²) in [6.45, 7) is 9.35. The van der Waals surface area contributed by atoms with Gasteiger partial charge in [-0.05, 0) is 84.9 Å². The molecular weight excluding hydrogens is 825 g/mol. The van der Waals surface area contributed by atoms with Gasteiger partial charge in [-0.25, -0.2) is 0 Å². The Morgan fingerprint density at radius 3 is 2.61 bits per heavy atom. The molecule has 3 aliphatic heterocycles. The fraction of sp³-hybridized carbons (Fsp3) is 0.391. The van der Waals surface area contributed by atoms with Gasteiger partial charge in [0.25, 0.3) is 5.91 Å². The topological polar surface area (TPSA) is 131 Å². The highest BCUT2D eigenvalue weighted by atomic mass is 79.9. The average molecular weight is 878 g/mol. The van der Waals surface area contributed by atoms with Gasteiger partial charge >= 0.3 is 0 Å². The molecule has 59 heavy (non-hydrogen) atoms. The van der Waals surface area contributed by atoms with Crippen LogP contribution in [0.2, 0.25) is 18.6 Å². The van der Waals surface area contributed by atoms with E-state index in [1.54, 1.807) is 7.11 Å². The summed E-state index contributed by atoms with van der Waals surface area (Å²) in [5, 5.41) is 27.0. The number of aliphatic hydroxyl groups excluding tert-OH is 1. The van der Waals surface area contributed by atoms with Crippen molar-refractivity contribution in [2.75, 3.05) is 37.0 Å². The van der Waals surface area contributed by atoms with Gasteiger partial charge in [-0.3, -0.25) is 14.3 Å². The number of hydrogen-bond donors (Lipinski definition) is 3. The van der Waals surface area contributed by atoms with E-state index in [1.807, 2.05) is 94.6 Å². The van der Waals surface area contributed by atoms with E-state index in [1.165, 1.54) is 5.19 Å². The molecule has 0 radical (unpaired) electrons. The van der Waals surface area contributed by atoms with Crippen LogP contribution in [0, 0.1) is 11.8 Å². The molecule has 4 heterocycles. The highest BCUT2D eigenvalue weighted by Crippen LogP contribution is 2.60. The van der Waals surface area contributed by atoms with Crippen LogP contribution in [0.5, 0.6) is 5.75 Å². The van der Waals surface area contributed by atoms with Crippen molar-refractivity contribution in [1.29, 1.82) is 0 Å². The fourth-order valence-electron chi connectivity index (χ4n) is 9.86. The summed E-state index contributed by atoms with van der Waals surface area (Å²) < 4.78 is 15.6. The normalized spacial score (nSPS) is 23.4. The van der Waals surface area contributed by atoms with E-state index in [-0.39, 0.29) is 47.8 Å². The summed E-state index contributed by atoms with van der Waals surface area (Å²) in [6, 6.07) is 32.1. The molecule has 8 rings (SSSR count). The van der Waals surface area contributed by atoms with Gasteiger partial charge in [-0.2, -0.15) is 0 Å². The van der Waals surface area contributed by atoms with E-state index in [4.69, 9.17) is 9.47 Å². The van der Waals surface area contributed by atoms with Crippen molar-refractivity contribution in [2.45, 2.75) is 75.5 Å². The van der Waals surface area contributed by atoms with Gasteiger partial charge in [0.15, 0.2) is 5.60 Å². The van der Waals surface area contributed by atoms with Crippen LogP contribution < -0.4 is 25.5 Å². The summed E-state index contributed by atoms with van der Waals surface area (Å²) in [5.74, 6) is 0.207. The number of anilines is 2. The quantitative estimate of drug-likeness (QED) is 0.108. The molecule has 3 N–H and O–H groups in total. The highest BCUT2D eigenvalue weighted by molar-refractivity contribution is 9.10. The Balaban J connectivity index is 1.11. The van der Waals surface area contributed by atoms with Crippen molar-refractivity contribution in [1.82, 2.24) is 20.3 Å². The first-order valence-corrected chi connectivity index (χ1v) is 24.5. The van der Waals surface area contributed by atoms with Crippen LogP contribution in [-0.2, 0) is 33.0 Å². The van der Waals surface area contributed by atoms with Crippen LogP contribution in [0.1, 0.15) is 54.5 Å². The zero-order valence-electron chi connectivity index (χ0n) is 34.1. The molecule has 0 aliphatic carbocycles. The van der Waals surface area contributed by atoms with Gasteiger partial charge < -0.3 is 30.1 Å². The first-order valence-electron chi connectivity index (χ1n) is 20.6. The molecule has 2 fully saturated rings. The second kappa shape index (κ2) is 17.1. The van der Waals surface area contributed by atoms with Crippen LogP contribution in [0.25, 0.3) is 0 Å². The van der Waals surface area contributed by atoms with E-state index < -0.39 is 13.7 Å². The lowest BCUT2D eigenvalue weighted by Crippen LogP contribution is -2.51. The molecule has 2 saturated heterocycles. The van der Waals surface area contributed by atoms with Crippen molar-refractivity contribution >= 4 is 52.4 Å². The SMILES string of the molecule is COc1ccc([Si](C)(C)[C@@H]2[C@@H](CCn3cc(C(CO)c4ccccc4)nn3)O[C@]3(C(=O)N(Cc4cccc(NC(=O)C5CCCNC5)c4)c4ccc(Br)cc43)[C@H]2C)cc1. The van der Waals surface area contributed by atoms with Gasteiger partial charge in [0, 0.05) is 40.9 Å². The number of aryl methyl sites for hydroxylation is 1. The summed E-state index contributed by atoms with van der Waals surface area (Å²) in [6.07, 6.45) is 4.09. The van der Waals surface area contributed by atoms with Crippen LogP contribution in [0.15, 0.2) is 108 Å². The average Bonchev–Trinajstić information content (AvgIpc) is 3.91. The molecule has 0 saturated carbocycles. The van der Waals surface area contributed by atoms with Crippen molar-refractivity contribution in [3.63, 3.8) is 0 Å². The molecular formula is C46H53BrN6O5Si. The lowest BCUT2D eigenvalue weighted by molar-refractivity contribution is -0.146. The minimum Gasteiger partial charge on any atom is -0.497 e. The first kappa shape index (κ1) is 41.1. The number of carbonyl (C=O) groups is 2. The zero-order valence-corrected chi connectivity index (χ0v) is 36.7. The van der Waals surface area contributed by atoms with Gasteiger partial charge in [0.2, 0.25) is 5.91 Å². The summed E-state index contributed by atoms with van der Waals surface area (Å²) in [5.41, 5.74) is 3.82. The third kappa shape index (κ3) is 7.91. The predicted molar refractivity (Wildman–Crippen MR) is 236 cm³/mol. The third-order valence-electron chi connectivity index (χ3n) is 12.9. The van der Waals surface area contributed by atoms with Crippen LogP contribution >= 0.6 is 15.9 Å². The minimum absolute atomic E-state index is 0.0150. The van der Waals surface area contributed by atoms with Gasteiger partial charge in [-0.1, -0.05) is 101 Å². The summed E-state index contributed by atoms with van der Waals surface area (Å²) in [4.78, 5) is 30.4. The van der Waals surface area contributed by atoms with Crippen LogP contribution in [0.4, 0.5) is 11.4 Å². The smallest absolute Gasteiger partial charge is 0.264 e. The molecule has 308 valence electrons. The fourth-order valence-corrected chi connectivity index (χ4v) is 14.3. The van der Waals surface area contributed by atoms with E-state index in [9.17, 15) is 9.90 Å². The lowest BCUT2D eigenvalue weighted by Gasteiger charge is -2.37. The Bertz CT molecular complexity index is 2280. The number of hydrogen-bond acceptors (Lipinski definition) is 8. The van der Waals surface area contributed by atoms with Gasteiger partial charge in [0.1, 0.15) is 5.75 Å². The maximum Gasteiger partial charge on any atom is 0.264 e. The molecule has 5 aromatic rings. The number of carbonyl (C=O) groups excluding carboxylic acids is 2.